The van der Waals surface area contributed by atoms with Crippen molar-refractivity contribution in [3.63, 3.8) is 0 Å². The zero-order valence-corrected chi connectivity index (χ0v) is 30.5. The van der Waals surface area contributed by atoms with E-state index in [4.69, 9.17) is 4.74 Å². The van der Waals surface area contributed by atoms with E-state index in [0.29, 0.717) is 17.1 Å². The van der Waals surface area contributed by atoms with Crippen LogP contribution in [0.15, 0.2) is 92.7 Å². The van der Waals surface area contributed by atoms with Crippen molar-refractivity contribution in [1.29, 1.82) is 0 Å². The molecule has 54 heavy (non-hydrogen) atoms. The maximum absolute atomic E-state index is 12.9. The van der Waals surface area contributed by atoms with E-state index in [1.165, 1.54) is 55.6 Å². The van der Waals surface area contributed by atoms with Crippen LogP contribution in [-0.2, 0) is 35.1 Å². The van der Waals surface area contributed by atoms with Gasteiger partial charge in [0.25, 0.3) is 30.3 Å². The van der Waals surface area contributed by atoms with Crippen LogP contribution in [-0.4, -0.2) is 52.5 Å². The van der Waals surface area contributed by atoms with Crippen molar-refractivity contribution < 1.29 is 49.0 Å². The number of hydrogen-bond donors (Lipinski definition) is 8. The molecule has 0 radical (unpaired) electrons. The van der Waals surface area contributed by atoms with Crippen molar-refractivity contribution in [2.75, 3.05) is 38.4 Å². The van der Waals surface area contributed by atoms with E-state index in [1.807, 2.05) is 0 Å². The van der Waals surface area contributed by atoms with Gasteiger partial charge in [-0.15, -0.1) is 4.91 Å². The fourth-order valence-corrected chi connectivity index (χ4v) is 8.02. The van der Waals surface area contributed by atoms with Crippen molar-refractivity contribution >= 4 is 92.4 Å². The third-order valence-electron chi connectivity index (χ3n) is 8.14. The predicted molar refractivity (Wildman–Crippen MR) is 199 cm³/mol. The van der Waals surface area contributed by atoms with E-state index in [0.717, 1.165) is 30.7 Å². The van der Waals surface area contributed by atoms with Gasteiger partial charge < -0.3 is 15.2 Å². The summed E-state index contributed by atoms with van der Waals surface area (Å²) in [4.78, 5) is 22.7. The van der Waals surface area contributed by atoms with Crippen LogP contribution < -0.4 is 36.1 Å². The molecule has 22 heteroatoms. The summed E-state index contributed by atoms with van der Waals surface area (Å²) in [5, 5.41) is 15.8. The highest BCUT2D eigenvalue weighted by Gasteiger charge is 2.34. The molecular formula is C32H29N7O12S3. The number of nitrogens with one attached hydrogen (secondary N) is 5. The number of anilines is 7. The van der Waals surface area contributed by atoms with Crippen molar-refractivity contribution in [3.05, 3.63) is 83.3 Å². The van der Waals surface area contributed by atoms with Crippen LogP contribution in [0.25, 0.3) is 10.8 Å². The minimum atomic E-state index is -5.17. The number of hydrazine groups is 2. The standard InChI is InChI=1S/C32H29N7O12S3/c1-16-25-15-26(51-3)29(32(16)39(25)36-19-6-10-22(11-7-19)52(43,44)38-20-4-8-21(41)9-5-20)34-35-30-27(54(48,49)50)13-18-12-23(53(45,46)47)14-24(33-17(2)40)28(18)31(30)37-42/h4-15,34-36,38,41H,1-3H3,(H,33,40)(H,45,46,47)(H,48,49,50). The maximum Gasteiger partial charge on any atom is 0.296 e. The summed E-state index contributed by atoms with van der Waals surface area (Å²) in [5.41, 5.74) is 9.64. The van der Waals surface area contributed by atoms with Crippen LogP contribution in [0.4, 0.5) is 45.5 Å². The number of ether oxygens (including phenoxy) is 1. The highest BCUT2D eigenvalue weighted by Crippen LogP contribution is 2.54. The number of phenolic OH excluding ortho intramolecular Hbond substituents is 1. The van der Waals surface area contributed by atoms with Crippen LogP contribution in [0.5, 0.6) is 11.5 Å². The number of aromatic hydroxyl groups is 1. The Morgan fingerprint density at radius 2 is 1.44 bits per heavy atom. The van der Waals surface area contributed by atoms with Gasteiger partial charge in [-0.3, -0.25) is 39.9 Å². The van der Waals surface area contributed by atoms with E-state index in [9.17, 15) is 49.2 Å². The first-order valence-corrected chi connectivity index (χ1v) is 19.6. The molecule has 0 saturated carbocycles. The number of hydrogen-bond acceptors (Lipinski definition) is 15. The minimum absolute atomic E-state index is 0.0260. The molecule has 0 aliphatic carbocycles. The molecule has 1 amide bonds. The van der Waals surface area contributed by atoms with Gasteiger partial charge in [-0.1, -0.05) is 0 Å². The molecule has 19 nitrogen and oxygen atoms in total. The average molecular weight is 800 g/mol. The summed E-state index contributed by atoms with van der Waals surface area (Å²) in [6.45, 7) is 2.85. The zero-order chi connectivity index (χ0) is 39.3. The average Bonchev–Trinajstić information content (AvgIpc) is 3.10. The molecule has 8 N–H and O–H groups in total. The lowest BCUT2D eigenvalue weighted by molar-refractivity contribution is -0.114. The van der Waals surface area contributed by atoms with E-state index in [1.54, 1.807) is 18.0 Å². The number of carbonyl (C=O) groups is 1. The molecule has 0 aromatic heterocycles. The van der Waals surface area contributed by atoms with Crippen LogP contribution in [0, 0.1) is 11.8 Å². The molecule has 0 spiro atoms. The number of fused-ring (bicyclic) bond motifs is 3. The molecule has 2 heterocycles. The van der Waals surface area contributed by atoms with Crippen LogP contribution in [0.1, 0.15) is 12.5 Å². The number of amides is 1. The first-order chi connectivity index (χ1) is 25.3. The van der Waals surface area contributed by atoms with Gasteiger partial charge in [-0.2, -0.15) is 16.8 Å². The monoisotopic (exact) mass is 799 g/mol. The SMILES string of the molecule is COc1cc2c(C)c(c1NNc1c(S(=O)(=O)O)cc3cc(S(=O)(=O)O)cc(NC(C)=O)c3c1N=O)N2Nc1ccc(S(=O)(=O)Nc2ccc(O)cc2)cc1. The van der Waals surface area contributed by atoms with Crippen molar-refractivity contribution in [1.82, 2.24) is 0 Å². The second-order valence-electron chi connectivity index (χ2n) is 11.7. The van der Waals surface area contributed by atoms with Crippen molar-refractivity contribution in [3.8, 4) is 11.5 Å². The van der Waals surface area contributed by atoms with Gasteiger partial charge in [-0.25, -0.2) is 8.42 Å². The lowest BCUT2D eigenvalue weighted by atomic mass is 10.0. The Labute approximate surface area is 307 Å². The normalized spacial score (nSPS) is 12.4. The highest BCUT2D eigenvalue weighted by molar-refractivity contribution is 7.92. The number of methoxy groups -OCH3 is 1. The molecule has 2 aliphatic rings. The number of carbonyl (C=O) groups excluding carboxylic acids is 1. The molecule has 0 unspecified atom stereocenters. The summed E-state index contributed by atoms with van der Waals surface area (Å²) in [6.07, 6.45) is 0. The van der Waals surface area contributed by atoms with E-state index < -0.39 is 57.3 Å². The Hall–Kier alpha value is -6.20. The zero-order valence-electron chi connectivity index (χ0n) is 28.1. The molecule has 2 bridgehead atoms. The van der Waals surface area contributed by atoms with Gasteiger partial charge in [0, 0.05) is 29.6 Å². The number of nitrogens with zero attached hydrogens (tertiary/aromatic N) is 2. The van der Waals surface area contributed by atoms with Gasteiger partial charge in [0.15, 0.2) is 0 Å². The molecule has 0 fully saturated rings. The summed E-state index contributed by atoms with van der Waals surface area (Å²) < 4.78 is 103. The summed E-state index contributed by atoms with van der Waals surface area (Å²) in [6, 6.07) is 15.4. The third-order valence-corrected chi connectivity index (χ3v) is 11.2. The molecule has 282 valence electrons. The molecule has 7 rings (SSSR count). The number of nitroso groups, excluding NO2 is 1. The second kappa shape index (κ2) is 13.7. The first-order valence-electron chi connectivity index (χ1n) is 15.3. The summed E-state index contributed by atoms with van der Waals surface area (Å²) in [5.74, 6) is -0.500. The smallest absolute Gasteiger partial charge is 0.296 e. The Kier molecular flexibility index (Phi) is 9.49. The quantitative estimate of drug-likeness (QED) is 0.0319. The van der Waals surface area contributed by atoms with Crippen LogP contribution in [0.2, 0.25) is 0 Å². The number of benzene rings is 5. The number of rotatable bonds is 13. The van der Waals surface area contributed by atoms with Crippen LogP contribution >= 0.6 is 0 Å². The first kappa shape index (κ1) is 37.6. The Balaban J connectivity index is 1.34. The molecular weight excluding hydrogens is 771 g/mol. The summed E-state index contributed by atoms with van der Waals surface area (Å²) in [7, 11) is -12.7. The van der Waals surface area contributed by atoms with Crippen LogP contribution in [0.3, 0.4) is 0 Å². The molecule has 5 aromatic carbocycles. The van der Waals surface area contributed by atoms with E-state index in [-0.39, 0.29) is 44.2 Å². The Morgan fingerprint density at radius 3 is 2.02 bits per heavy atom. The molecule has 5 aromatic rings. The third kappa shape index (κ3) is 7.10. The largest absolute Gasteiger partial charge is 0.508 e. The van der Waals surface area contributed by atoms with Crippen molar-refractivity contribution in [2.24, 2.45) is 5.18 Å². The van der Waals surface area contributed by atoms with E-state index >= 15 is 0 Å². The fraction of sp³-hybridized carbons (Fsp3) is 0.0938. The van der Waals surface area contributed by atoms with Gasteiger partial charge >= 0.3 is 0 Å². The molecule has 2 aliphatic heterocycles. The minimum Gasteiger partial charge on any atom is -0.508 e. The van der Waals surface area contributed by atoms with Gasteiger partial charge in [-0.05, 0) is 84.2 Å². The Bertz CT molecular complexity index is 2710. The highest BCUT2D eigenvalue weighted by atomic mass is 32.2. The predicted octanol–water partition coefficient (Wildman–Crippen LogP) is 5.43. The maximum atomic E-state index is 12.9. The lowest BCUT2D eigenvalue weighted by Crippen LogP contribution is -2.34. The number of aryl methyl sites for hydroxylation is 1. The molecule has 0 saturated heterocycles. The topological polar surface area (TPSA) is 282 Å². The van der Waals surface area contributed by atoms with Gasteiger partial charge in [0.1, 0.15) is 33.5 Å². The number of sulfonamides is 1. The number of phenols is 1. The lowest BCUT2D eigenvalue weighted by Gasteiger charge is -2.40. The molecule has 0 atom stereocenters. The van der Waals surface area contributed by atoms with Crippen molar-refractivity contribution in [2.45, 2.75) is 28.5 Å². The van der Waals surface area contributed by atoms with Gasteiger partial charge in [0.05, 0.1) is 39.7 Å². The second-order valence-corrected chi connectivity index (χ2v) is 16.2. The van der Waals surface area contributed by atoms with E-state index in [2.05, 4.69) is 31.5 Å². The fourth-order valence-electron chi connectivity index (χ4n) is 5.74. The Morgan fingerprint density at radius 1 is 0.815 bits per heavy atom. The summed E-state index contributed by atoms with van der Waals surface area (Å²) >= 11 is 0. The van der Waals surface area contributed by atoms with Gasteiger partial charge in [0.2, 0.25) is 5.91 Å².